The highest BCUT2D eigenvalue weighted by Gasteiger charge is 2.09. The molecule has 0 saturated carbocycles. The summed E-state index contributed by atoms with van der Waals surface area (Å²) >= 11 is 2.24. The van der Waals surface area contributed by atoms with E-state index < -0.39 is 5.91 Å². The second-order valence-electron chi connectivity index (χ2n) is 5.30. The van der Waals surface area contributed by atoms with Crippen molar-refractivity contribution in [2.75, 3.05) is 12.4 Å². The van der Waals surface area contributed by atoms with Gasteiger partial charge in [-0.1, -0.05) is 12.1 Å². The van der Waals surface area contributed by atoms with Gasteiger partial charge in [-0.2, -0.15) is 5.26 Å². The van der Waals surface area contributed by atoms with E-state index in [1.807, 2.05) is 55.5 Å². The first-order valence-electron chi connectivity index (χ1n) is 7.57. The topological polar surface area (TPSA) is 74.1 Å². The average molecular weight is 447 g/mol. The van der Waals surface area contributed by atoms with Crippen molar-refractivity contribution >= 4 is 34.2 Å². The van der Waals surface area contributed by atoms with Crippen molar-refractivity contribution in [2.24, 2.45) is 0 Å². The predicted molar refractivity (Wildman–Crippen MR) is 106 cm³/mol. The molecule has 0 radical (unpaired) electrons. The van der Waals surface area contributed by atoms with Crippen LogP contribution in [0.3, 0.4) is 0 Å². The van der Waals surface area contributed by atoms with E-state index >= 15 is 0 Å². The molecule has 0 heterocycles. The summed E-state index contributed by atoms with van der Waals surface area (Å²) in [6, 6.07) is 15.2. The van der Waals surface area contributed by atoms with Gasteiger partial charge in [0.2, 0.25) is 0 Å². The van der Waals surface area contributed by atoms with Crippen LogP contribution in [0.5, 0.6) is 5.75 Å². The average Bonchev–Trinajstić information content (AvgIpc) is 2.62. The van der Waals surface area contributed by atoms with Gasteiger partial charge in [0.1, 0.15) is 17.4 Å². The van der Waals surface area contributed by atoms with E-state index in [0.29, 0.717) is 6.54 Å². The van der Waals surface area contributed by atoms with Crippen LogP contribution < -0.4 is 15.4 Å². The van der Waals surface area contributed by atoms with Gasteiger partial charge in [-0.05, 0) is 71.0 Å². The number of benzene rings is 2. The predicted octanol–water partition coefficient (Wildman–Crippen LogP) is 3.74. The van der Waals surface area contributed by atoms with Gasteiger partial charge >= 0.3 is 0 Å². The Balaban J connectivity index is 1.98. The molecule has 6 heteroatoms. The minimum Gasteiger partial charge on any atom is -0.497 e. The Kier molecular flexibility index (Phi) is 6.83. The van der Waals surface area contributed by atoms with Crippen LogP contribution in [-0.2, 0) is 11.3 Å². The van der Waals surface area contributed by atoms with E-state index in [-0.39, 0.29) is 5.57 Å². The second kappa shape index (κ2) is 9.08. The molecule has 2 aromatic rings. The number of aryl methyl sites for hydroxylation is 1. The summed E-state index contributed by atoms with van der Waals surface area (Å²) < 4.78 is 6.22. The number of nitrogens with zero attached hydrogens (tertiary/aromatic N) is 1. The van der Waals surface area contributed by atoms with E-state index in [1.165, 1.54) is 6.20 Å². The summed E-state index contributed by atoms with van der Waals surface area (Å²) in [5.41, 5.74) is 2.84. The maximum Gasteiger partial charge on any atom is 0.263 e. The minimum atomic E-state index is -0.422. The second-order valence-corrected chi connectivity index (χ2v) is 6.55. The monoisotopic (exact) mass is 447 g/mol. The van der Waals surface area contributed by atoms with Crippen LogP contribution >= 0.6 is 22.6 Å². The van der Waals surface area contributed by atoms with Crippen molar-refractivity contribution in [3.8, 4) is 11.8 Å². The van der Waals surface area contributed by atoms with Crippen LogP contribution in [0.25, 0.3) is 0 Å². The fraction of sp³-hybridized carbons (Fsp3) is 0.158. The number of rotatable bonds is 6. The molecule has 0 aliphatic rings. The van der Waals surface area contributed by atoms with Gasteiger partial charge in [-0.3, -0.25) is 4.79 Å². The maximum absolute atomic E-state index is 12.2. The molecule has 128 valence electrons. The van der Waals surface area contributed by atoms with Crippen LogP contribution in [0.1, 0.15) is 11.1 Å². The van der Waals surface area contributed by atoms with E-state index in [1.54, 1.807) is 7.11 Å². The largest absolute Gasteiger partial charge is 0.497 e. The molecular formula is C19H18IN3O2. The van der Waals surface area contributed by atoms with Crippen LogP contribution in [0.15, 0.2) is 54.2 Å². The molecule has 0 atom stereocenters. The zero-order valence-corrected chi connectivity index (χ0v) is 16.1. The first-order chi connectivity index (χ1) is 12.0. The smallest absolute Gasteiger partial charge is 0.263 e. The zero-order valence-electron chi connectivity index (χ0n) is 14.0. The summed E-state index contributed by atoms with van der Waals surface area (Å²) in [4.78, 5) is 12.2. The fourth-order valence-electron chi connectivity index (χ4n) is 2.11. The molecule has 2 rings (SSSR count). The van der Waals surface area contributed by atoms with Crippen LogP contribution in [-0.4, -0.2) is 13.0 Å². The first-order valence-corrected chi connectivity index (χ1v) is 8.65. The molecule has 0 spiro atoms. The van der Waals surface area contributed by atoms with Crippen molar-refractivity contribution < 1.29 is 9.53 Å². The Morgan fingerprint density at radius 2 is 2.00 bits per heavy atom. The number of ether oxygens (including phenoxy) is 1. The van der Waals surface area contributed by atoms with Crippen LogP contribution in [0.4, 0.5) is 5.69 Å². The van der Waals surface area contributed by atoms with Crippen molar-refractivity contribution in [1.29, 1.82) is 5.26 Å². The Labute approximate surface area is 160 Å². The Bertz CT molecular complexity index is 824. The number of nitrogens with one attached hydrogen (secondary N) is 2. The fourth-order valence-corrected chi connectivity index (χ4v) is 2.76. The van der Waals surface area contributed by atoms with E-state index in [2.05, 4.69) is 33.2 Å². The quantitative estimate of drug-likeness (QED) is 0.402. The number of methoxy groups -OCH3 is 1. The highest BCUT2D eigenvalue weighted by molar-refractivity contribution is 14.1. The number of hydrogen-bond donors (Lipinski definition) is 2. The van der Waals surface area contributed by atoms with Crippen molar-refractivity contribution in [3.05, 3.63) is 68.9 Å². The van der Waals surface area contributed by atoms with Gasteiger partial charge in [0, 0.05) is 22.0 Å². The Morgan fingerprint density at radius 3 is 2.60 bits per heavy atom. The van der Waals surface area contributed by atoms with Gasteiger partial charge in [-0.25, -0.2) is 0 Å². The molecule has 0 aliphatic heterocycles. The first kappa shape index (κ1) is 18.8. The van der Waals surface area contributed by atoms with Gasteiger partial charge < -0.3 is 15.4 Å². The molecule has 5 nitrogen and oxygen atoms in total. The van der Waals surface area contributed by atoms with Crippen LogP contribution in [0.2, 0.25) is 0 Å². The Hall–Kier alpha value is -2.53. The molecule has 0 saturated heterocycles. The van der Waals surface area contributed by atoms with Gasteiger partial charge in [-0.15, -0.1) is 0 Å². The molecule has 0 fully saturated rings. The maximum atomic E-state index is 12.2. The zero-order chi connectivity index (χ0) is 18.2. The molecule has 2 aromatic carbocycles. The molecule has 1 amide bonds. The summed E-state index contributed by atoms with van der Waals surface area (Å²) in [7, 11) is 1.60. The SMILES string of the molecule is COc1ccc(CNC(=O)/C(C#N)=C\Nc2ccc(I)cc2C)cc1. The summed E-state index contributed by atoms with van der Waals surface area (Å²) in [5, 5.41) is 15.0. The summed E-state index contributed by atoms with van der Waals surface area (Å²) in [6.45, 7) is 2.30. The lowest BCUT2D eigenvalue weighted by molar-refractivity contribution is -0.117. The van der Waals surface area contributed by atoms with Crippen LogP contribution in [0, 0.1) is 21.8 Å². The molecule has 25 heavy (non-hydrogen) atoms. The number of nitriles is 1. The molecule has 0 unspecified atom stereocenters. The molecular weight excluding hydrogens is 429 g/mol. The van der Waals surface area contributed by atoms with E-state index in [0.717, 1.165) is 26.1 Å². The normalized spacial score (nSPS) is 10.7. The number of anilines is 1. The number of halogens is 1. The molecule has 2 N–H and O–H groups in total. The highest BCUT2D eigenvalue weighted by Crippen LogP contribution is 2.18. The standard InChI is InChI=1S/C19H18IN3O2/c1-13-9-16(20)5-8-18(13)22-12-15(10-21)19(24)23-11-14-3-6-17(25-2)7-4-14/h3-9,12,22H,11H2,1-2H3,(H,23,24)/b15-12-. The minimum absolute atomic E-state index is 0.0199. The van der Waals surface area contributed by atoms with Gasteiger partial charge in [0.25, 0.3) is 5.91 Å². The Morgan fingerprint density at radius 1 is 1.28 bits per heavy atom. The number of carbonyl (C=O) groups is 1. The van der Waals surface area contributed by atoms with E-state index in [9.17, 15) is 10.1 Å². The third kappa shape index (κ3) is 5.50. The highest BCUT2D eigenvalue weighted by atomic mass is 127. The van der Waals surface area contributed by atoms with Crippen molar-refractivity contribution in [3.63, 3.8) is 0 Å². The van der Waals surface area contributed by atoms with Gasteiger partial charge in [0.05, 0.1) is 7.11 Å². The van der Waals surface area contributed by atoms with Gasteiger partial charge in [0.15, 0.2) is 0 Å². The lowest BCUT2D eigenvalue weighted by Gasteiger charge is -2.08. The van der Waals surface area contributed by atoms with Crippen molar-refractivity contribution in [1.82, 2.24) is 5.32 Å². The molecule has 0 bridgehead atoms. The third-order valence-corrected chi connectivity index (χ3v) is 4.21. The number of hydrogen-bond acceptors (Lipinski definition) is 4. The lowest BCUT2D eigenvalue weighted by atomic mass is 10.2. The summed E-state index contributed by atoms with van der Waals surface area (Å²) in [6.07, 6.45) is 1.43. The van der Waals surface area contributed by atoms with Crippen molar-refractivity contribution in [2.45, 2.75) is 13.5 Å². The number of carbonyl (C=O) groups excluding carboxylic acids is 1. The lowest BCUT2D eigenvalue weighted by Crippen LogP contribution is -2.24. The summed E-state index contributed by atoms with van der Waals surface area (Å²) in [5.74, 6) is 0.332. The third-order valence-electron chi connectivity index (χ3n) is 3.54. The number of amides is 1. The van der Waals surface area contributed by atoms with E-state index in [4.69, 9.17) is 4.74 Å². The molecule has 0 aliphatic carbocycles. The molecule has 0 aromatic heterocycles.